The van der Waals surface area contributed by atoms with Gasteiger partial charge in [0, 0.05) is 68.0 Å². The third-order valence-electron chi connectivity index (χ3n) is 5.38. The largest absolute Gasteiger partial charge is 0.340 e. The van der Waals surface area contributed by atoms with Crippen LogP contribution in [0.3, 0.4) is 0 Å². The van der Waals surface area contributed by atoms with Gasteiger partial charge in [0.05, 0.1) is 23.6 Å². The van der Waals surface area contributed by atoms with Crippen molar-refractivity contribution in [3.05, 3.63) is 52.9 Å². The maximum absolute atomic E-state index is 13.0. The number of amides is 1. The van der Waals surface area contributed by atoms with Gasteiger partial charge in [0.2, 0.25) is 0 Å². The van der Waals surface area contributed by atoms with Crippen LogP contribution in [-0.2, 0) is 20.1 Å². The number of hydrogen-bond donors (Lipinski definition) is 0. The van der Waals surface area contributed by atoms with Crippen LogP contribution in [0, 0.1) is 6.92 Å². The fourth-order valence-electron chi connectivity index (χ4n) is 3.92. The number of aryl methyl sites for hydroxylation is 3. The van der Waals surface area contributed by atoms with Gasteiger partial charge in [0.25, 0.3) is 5.91 Å². The summed E-state index contributed by atoms with van der Waals surface area (Å²) >= 11 is 0. The molecule has 0 N–H and O–H groups in total. The lowest BCUT2D eigenvalue weighted by Gasteiger charge is -2.17. The second kappa shape index (κ2) is 6.12. The fourth-order valence-corrected chi connectivity index (χ4v) is 3.92. The molecule has 0 atom stereocenters. The average molecular weight is 375 g/mol. The first-order valence-electron chi connectivity index (χ1n) is 9.39. The Hall–Kier alpha value is -3.29. The first-order valence-corrected chi connectivity index (χ1v) is 9.39. The summed E-state index contributed by atoms with van der Waals surface area (Å²) in [5.41, 5.74) is 7.02. The predicted molar refractivity (Wildman–Crippen MR) is 104 cm³/mol. The van der Waals surface area contributed by atoms with Crippen LogP contribution in [0.4, 0.5) is 0 Å². The molecule has 1 amide bonds. The van der Waals surface area contributed by atoms with Crippen molar-refractivity contribution in [2.75, 3.05) is 13.6 Å². The Balaban J connectivity index is 1.72. The Morgan fingerprint density at radius 3 is 2.75 bits per heavy atom. The Morgan fingerprint density at radius 1 is 1.04 bits per heavy atom. The molecule has 2 aliphatic heterocycles. The molecule has 0 saturated carbocycles. The minimum absolute atomic E-state index is 0.0839. The molecule has 4 bridgehead atoms. The highest BCUT2D eigenvalue weighted by Gasteiger charge is 2.26. The van der Waals surface area contributed by atoms with E-state index in [0.717, 1.165) is 52.3 Å². The third-order valence-corrected chi connectivity index (χ3v) is 5.38. The SMILES string of the molecule is Cc1nn2cc1C1=NCc3ncc(cc31)-c1cn(C)nc1C(=O)N(C)CCC2. The number of carbonyl (C=O) groups excluding carboxylic acids is 1. The number of pyridine rings is 1. The van der Waals surface area contributed by atoms with E-state index in [4.69, 9.17) is 4.99 Å². The van der Waals surface area contributed by atoms with Gasteiger partial charge in [0.1, 0.15) is 0 Å². The number of hydrogen-bond acceptors (Lipinski definition) is 5. The molecule has 8 heteroatoms. The Kier molecular flexibility index (Phi) is 3.68. The van der Waals surface area contributed by atoms with E-state index in [0.29, 0.717) is 18.8 Å². The zero-order valence-corrected chi connectivity index (χ0v) is 16.2. The summed E-state index contributed by atoms with van der Waals surface area (Å²) in [4.78, 5) is 24.1. The van der Waals surface area contributed by atoms with Crippen LogP contribution < -0.4 is 0 Å². The van der Waals surface area contributed by atoms with Gasteiger partial charge >= 0.3 is 0 Å². The van der Waals surface area contributed by atoms with Crippen molar-refractivity contribution >= 4 is 11.6 Å². The standard InChI is InChI=1S/C20H21N7O/c1-12-15-11-27(23-12)6-4-5-25(2)20(28)19-16(10-26(3)24-19)13-7-14-17(21-8-13)9-22-18(14)15/h7-8,10-11H,4-6,9H2,1-3H3. The van der Waals surface area contributed by atoms with Gasteiger partial charge in [-0.25, -0.2) is 0 Å². The van der Waals surface area contributed by atoms with Crippen molar-refractivity contribution in [2.45, 2.75) is 26.4 Å². The molecular formula is C20H21N7O. The van der Waals surface area contributed by atoms with E-state index >= 15 is 0 Å². The molecular weight excluding hydrogens is 354 g/mol. The molecule has 0 aliphatic carbocycles. The van der Waals surface area contributed by atoms with Gasteiger partial charge in [-0.1, -0.05) is 0 Å². The molecule has 2 aliphatic rings. The van der Waals surface area contributed by atoms with E-state index in [9.17, 15) is 4.79 Å². The smallest absolute Gasteiger partial charge is 0.274 e. The third kappa shape index (κ3) is 2.56. The van der Waals surface area contributed by atoms with Crippen molar-refractivity contribution in [2.24, 2.45) is 12.0 Å². The summed E-state index contributed by atoms with van der Waals surface area (Å²) in [5.74, 6) is -0.0839. The molecule has 0 saturated heterocycles. The normalized spacial score (nSPS) is 16.0. The first-order chi connectivity index (χ1) is 13.5. The molecule has 3 aromatic heterocycles. The zero-order valence-electron chi connectivity index (χ0n) is 16.2. The van der Waals surface area contributed by atoms with Crippen molar-refractivity contribution in [1.29, 1.82) is 0 Å². The second-order valence-electron chi connectivity index (χ2n) is 7.42. The molecule has 0 spiro atoms. The Bertz CT molecular complexity index is 1140. The summed E-state index contributed by atoms with van der Waals surface area (Å²) in [5, 5.41) is 9.09. The van der Waals surface area contributed by atoms with Crippen LogP contribution >= 0.6 is 0 Å². The summed E-state index contributed by atoms with van der Waals surface area (Å²) in [7, 11) is 3.65. The second-order valence-corrected chi connectivity index (χ2v) is 7.42. The summed E-state index contributed by atoms with van der Waals surface area (Å²) in [6.45, 7) is 3.95. The Labute approximate surface area is 162 Å². The van der Waals surface area contributed by atoms with Crippen molar-refractivity contribution < 1.29 is 4.79 Å². The molecule has 3 aromatic rings. The van der Waals surface area contributed by atoms with Crippen LogP contribution in [0.25, 0.3) is 11.1 Å². The van der Waals surface area contributed by atoms with Crippen LogP contribution in [0.15, 0.2) is 29.6 Å². The topological polar surface area (TPSA) is 81.2 Å². The van der Waals surface area contributed by atoms with E-state index in [1.165, 1.54) is 0 Å². The molecule has 5 rings (SSSR count). The molecule has 142 valence electrons. The van der Waals surface area contributed by atoms with E-state index < -0.39 is 0 Å². The number of nitrogens with zero attached hydrogens (tertiary/aromatic N) is 7. The lowest BCUT2D eigenvalue weighted by atomic mass is 9.99. The zero-order chi connectivity index (χ0) is 19.4. The Morgan fingerprint density at radius 2 is 1.89 bits per heavy atom. The van der Waals surface area contributed by atoms with E-state index in [2.05, 4.69) is 27.4 Å². The number of aromatic nitrogens is 5. The summed E-state index contributed by atoms with van der Waals surface area (Å²) < 4.78 is 3.63. The molecule has 28 heavy (non-hydrogen) atoms. The highest BCUT2D eigenvalue weighted by molar-refractivity contribution is 6.16. The summed E-state index contributed by atoms with van der Waals surface area (Å²) in [6.07, 6.45) is 6.56. The van der Waals surface area contributed by atoms with Crippen LogP contribution in [0.2, 0.25) is 0 Å². The van der Waals surface area contributed by atoms with E-state index in [1.54, 1.807) is 9.58 Å². The average Bonchev–Trinajstić information content (AvgIpc) is 3.36. The number of rotatable bonds is 0. The van der Waals surface area contributed by atoms with E-state index in [1.807, 2.05) is 38.1 Å². The molecule has 0 fully saturated rings. The summed E-state index contributed by atoms with van der Waals surface area (Å²) in [6, 6.07) is 2.07. The lowest BCUT2D eigenvalue weighted by molar-refractivity contribution is 0.0785. The molecule has 8 nitrogen and oxygen atoms in total. The number of aliphatic imine (C=N–C) groups is 1. The van der Waals surface area contributed by atoms with Crippen LogP contribution in [-0.4, -0.2) is 54.7 Å². The van der Waals surface area contributed by atoms with Crippen molar-refractivity contribution in [1.82, 2.24) is 29.4 Å². The minimum atomic E-state index is -0.0839. The highest BCUT2D eigenvalue weighted by atomic mass is 16.2. The van der Waals surface area contributed by atoms with Crippen molar-refractivity contribution in [3.8, 4) is 11.1 Å². The lowest BCUT2D eigenvalue weighted by Crippen LogP contribution is -2.29. The highest BCUT2D eigenvalue weighted by Crippen LogP contribution is 2.30. The van der Waals surface area contributed by atoms with Gasteiger partial charge < -0.3 is 4.90 Å². The van der Waals surface area contributed by atoms with Gasteiger partial charge in [-0.15, -0.1) is 0 Å². The van der Waals surface area contributed by atoms with Gasteiger partial charge in [-0.05, 0) is 19.4 Å². The predicted octanol–water partition coefficient (Wildman–Crippen LogP) is 1.81. The molecule has 5 heterocycles. The van der Waals surface area contributed by atoms with Crippen LogP contribution in [0.1, 0.15) is 39.4 Å². The monoisotopic (exact) mass is 375 g/mol. The quantitative estimate of drug-likeness (QED) is 0.600. The maximum atomic E-state index is 13.0. The van der Waals surface area contributed by atoms with Gasteiger partial charge in [-0.2, -0.15) is 10.2 Å². The fraction of sp³-hybridized carbons (Fsp3) is 0.350. The number of carbonyl (C=O) groups is 1. The number of fused-ring (bicyclic) bond motifs is 6. The minimum Gasteiger partial charge on any atom is -0.340 e. The van der Waals surface area contributed by atoms with Crippen molar-refractivity contribution in [3.63, 3.8) is 0 Å². The molecule has 0 aromatic carbocycles. The van der Waals surface area contributed by atoms with Gasteiger partial charge in [0.15, 0.2) is 5.69 Å². The van der Waals surface area contributed by atoms with E-state index in [-0.39, 0.29) is 5.91 Å². The first kappa shape index (κ1) is 16.9. The molecule has 0 unspecified atom stereocenters. The van der Waals surface area contributed by atoms with Gasteiger partial charge in [-0.3, -0.25) is 24.1 Å². The van der Waals surface area contributed by atoms with Crippen LogP contribution in [0.5, 0.6) is 0 Å². The maximum Gasteiger partial charge on any atom is 0.274 e. The molecule has 0 radical (unpaired) electrons.